The molecule has 1 aromatic rings. The zero-order chi connectivity index (χ0) is 14.3. The van der Waals surface area contributed by atoms with E-state index in [2.05, 4.69) is 5.32 Å². The number of aliphatic carboxylic acids is 1. The fraction of sp³-hybridized carbons (Fsp3) is 0.429. The zero-order valence-corrected chi connectivity index (χ0v) is 11.0. The van der Waals surface area contributed by atoms with Crippen LogP contribution in [0.4, 0.5) is 0 Å². The van der Waals surface area contributed by atoms with Gasteiger partial charge in [-0.3, -0.25) is 9.59 Å². The average Bonchev–Trinajstić information content (AvgIpc) is 2.39. The fourth-order valence-electron chi connectivity index (χ4n) is 1.91. The zero-order valence-electron chi connectivity index (χ0n) is 11.0. The average molecular weight is 264 g/mol. The number of carboxylic acid groups (broad SMARTS) is 1. The summed E-state index contributed by atoms with van der Waals surface area (Å²) < 4.78 is 0. The van der Waals surface area contributed by atoms with Gasteiger partial charge in [0.15, 0.2) is 0 Å². The number of carbonyl (C=O) groups excluding carboxylic acids is 1. The van der Waals surface area contributed by atoms with Gasteiger partial charge in [-0.2, -0.15) is 0 Å². The van der Waals surface area contributed by atoms with Gasteiger partial charge in [-0.25, -0.2) is 0 Å². The molecule has 4 N–H and O–H groups in total. The Morgan fingerprint density at radius 2 is 1.95 bits per heavy atom. The highest BCUT2D eigenvalue weighted by molar-refractivity contribution is 5.80. The second-order valence-electron chi connectivity index (χ2n) is 4.46. The number of hydrogen-bond acceptors (Lipinski definition) is 3. The number of rotatable bonds is 7. The van der Waals surface area contributed by atoms with E-state index < -0.39 is 17.9 Å². The normalized spacial score (nSPS) is 13.6. The van der Waals surface area contributed by atoms with Crippen molar-refractivity contribution in [2.24, 2.45) is 11.7 Å². The molecular formula is C14H20N2O3. The number of nitrogens with two attached hydrogens (primary N) is 1. The van der Waals surface area contributed by atoms with Crippen LogP contribution < -0.4 is 11.1 Å². The molecule has 0 aromatic heterocycles. The molecule has 0 unspecified atom stereocenters. The Labute approximate surface area is 112 Å². The van der Waals surface area contributed by atoms with E-state index in [1.807, 2.05) is 37.3 Å². The van der Waals surface area contributed by atoms with E-state index in [-0.39, 0.29) is 12.3 Å². The molecule has 1 aromatic carbocycles. The summed E-state index contributed by atoms with van der Waals surface area (Å²) in [6.07, 6.45) is 0.629. The number of carboxylic acids is 1. The van der Waals surface area contributed by atoms with Gasteiger partial charge < -0.3 is 16.2 Å². The maximum Gasteiger partial charge on any atom is 0.320 e. The van der Waals surface area contributed by atoms with E-state index in [1.165, 1.54) is 0 Å². The summed E-state index contributed by atoms with van der Waals surface area (Å²) in [5.41, 5.74) is 6.52. The molecule has 0 heterocycles. The fourth-order valence-corrected chi connectivity index (χ4v) is 1.91. The number of carbonyl (C=O) groups is 2. The Balaban J connectivity index is 2.74. The molecule has 0 aliphatic rings. The smallest absolute Gasteiger partial charge is 0.320 e. The highest BCUT2D eigenvalue weighted by Gasteiger charge is 2.24. The first-order valence-electron chi connectivity index (χ1n) is 6.34. The summed E-state index contributed by atoms with van der Waals surface area (Å²) in [5.74, 6) is -1.65. The SMILES string of the molecule is CCNC(=O)[C@H](Cc1ccccc1)C[C@H](N)C(=O)O. The summed E-state index contributed by atoms with van der Waals surface area (Å²) in [5, 5.41) is 11.6. The molecule has 2 atom stereocenters. The van der Waals surface area contributed by atoms with Crippen molar-refractivity contribution in [3.8, 4) is 0 Å². The molecule has 0 spiro atoms. The number of nitrogens with one attached hydrogen (secondary N) is 1. The topological polar surface area (TPSA) is 92.4 Å². The Morgan fingerprint density at radius 3 is 2.47 bits per heavy atom. The molecule has 19 heavy (non-hydrogen) atoms. The van der Waals surface area contributed by atoms with Crippen LogP contribution in [0.15, 0.2) is 30.3 Å². The highest BCUT2D eigenvalue weighted by atomic mass is 16.4. The lowest BCUT2D eigenvalue weighted by Gasteiger charge is -2.18. The molecule has 0 radical (unpaired) electrons. The molecule has 0 saturated carbocycles. The van der Waals surface area contributed by atoms with E-state index in [9.17, 15) is 9.59 Å². The highest BCUT2D eigenvalue weighted by Crippen LogP contribution is 2.14. The first-order chi connectivity index (χ1) is 9.04. The minimum absolute atomic E-state index is 0.135. The third-order valence-corrected chi connectivity index (χ3v) is 2.90. The van der Waals surface area contributed by atoms with Gasteiger partial charge in [0.05, 0.1) is 0 Å². The van der Waals surface area contributed by atoms with Crippen LogP contribution in [0.25, 0.3) is 0 Å². The summed E-state index contributed by atoms with van der Waals surface area (Å²) in [6.45, 7) is 2.35. The van der Waals surface area contributed by atoms with Crippen LogP contribution in [0, 0.1) is 5.92 Å². The van der Waals surface area contributed by atoms with Crippen molar-refractivity contribution in [3.05, 3.63) is 35.9 Å². The molecule has 5 nitrogen and oxygen atoms in total. The molecule has 5 heteroatoms. The summed E-state index contributed by atoms with van der Waals surface area (Å²) in [7, 11) is 0. The van der Waals surface area contributed by atoms with E-state index in [4.69, 9.17) is 10.8 Å². The summed E-state index contributed by atoms with van der Waals surface area (Å²) in [6, 6.07) is 8.49. The molecular weight excluding hydrogens is 244 g/mol. The van der Waals surface area contributed by atoms with Crippen molar-refractivity contribution in [2.75, 3.05) is 6.54 Å². The second kappa shape index (κ2) is 7.53. The van der Waals surface area contributed by atoms with E-state index in [0.29, 0.717) is 13.0 Å². The van der Waals surface area contributed by atoms with Gasteiger partial charge in [0.25, 0.3) is 0 Å². The first-order valence-corrected chi connectivity index (χ1v) is 6.34. The minimum Gasteiger partial charge on any atom is -0.480 e. The summed E-state index contributed by atoms with van der Waals surface area (Å²) >= 11 is 0. The third kappa shape index (κ3) is 5.09. The van der Waals surface area contributed by atoms with Crippen molar-refractivity contribution < 1.29 is 14.7 Å². The Kier molecular flexibility index (Phi) is 6.02. The van der Waals surface area contributed by atoms with Crippen LogP contribution in [0.2, 0.25) is 0 Å². The van der Waals surface area contributed by atoms with Crippen LogP contribution in [-0.2, 0) is 16.0 Å². The molecule has 1 amide bonds. The van der Waals surface area contributed by atoms with Crippen LogP contribution in [0.1, 0.15) is 18.9 Å². The lowest BCUT2D eigenvalue weighted by molar-refractivity contribution is -0.139. The van der Waals surface area contributed by atoms with E-state index >= 15 is 0 Å². The van der Waals surface area contributed by atoms with Crippen molar-refractivity contribution in [1.29, 1.82) is 0 Å². The van der Waals surface area contributed by atoms with Crippen LogP contribution >= 0.6 is 0 Å². The maximum absolute atomic E-state index is 11.9. The van der Waals surface area contributed by atoms with Gasteiger partial charge in [-0.1, -0.05) is 30.3 Å². The lowest BCUT2D eigenvalue weighted by atomic mass is 9.92. The molecule has 0 bridgehead atoms. The van der Waals surface area contributed by atoms with Gasteiger partial charge in [-0.05, 0) is 25.3 Å². The summed E-state index contributed by atoms with van der Waals surface area (Å²) in [4.78, 5) is 22.8. The third-order valence-electron chi connectivity index (χ3n) is 2.90. The van der Waals surface area contributed by atoms with Crippen LogP contribution in [0.5, 0.6) is 0 Å². The molecule has 104 valence electrons. The Morgan fingerprint density at radius 1 is 1.32 bits per heavy atom. The first kappa shape index (κ1) is 15.2. The molecule has 0 fully saturated rings. The van der Waals surface area contributed by atoms with Crippen molar-refractivity contribution in [2.45, 2.75) is 25.8 Å². The number of amides is 1. The van der Waals surface area contributed by atoms with Crippen LogP contribution in [0.3, 0.4) is 0 Å². The largest absolute Gasteiger partial charge is 0.480 e. The monoisotopic (exact) mass is 264 g/mol. The minimum atomic E-state index is -1.08. The van der Waals surface area contributed by atoms with Crippen molar-refractivity contribution >= 4 is 11.9 Å². The maximum atomic E-state index is 11.9. The van der Waals surface area contributed by atoms with Gasteiger partial charge in [-0.15, -0.1) is 0 Å². The van der Waals surface area contributed by atoms with Gasteiger partial charge in [0, 0.05) is 12.5 Å². The molecule has 0 aliphatic heterocycles. The Hall–Kier alpha value is -1.88. The van der Waals surface area contributed by atoms with Gasteiger partial charge in [0.1, 0.15) is 6.04 Å². The van der Waals surface area contributed by atoms with E-state index in [1.54, 1.807) is 0 Å². The van der Waals surface area contributed by atoms with Gasteiger partial charge in [0.2, 0.25) is 5.91 Å². The van der Waals surface area contributed by atoms with Crippen LogP contribution in [-0.4, -0.2) is 29.6 Å². The Bertz CT molecular complexity index is 420. The molecule has 1 rings (SSSR count). The standard InChI is InChI=1S/C14H20N2O3/c1-2-16-13(17)11(9-12(15)14(18)19)8-10-6-4-3-5-7-10/h3-7,11-12H,2,8-9,15H2,1H3,(H,16,17)(H,18,19)/t11-,12+/m1/s1. The second-order valence-corrected chi connectivity index (χ2v) is 4.46. The molecule has 0 aliphatic carbocycles. The van der Waals surface area contributed by atoms with E-state index in [0.717, 1.165) is 5.56 Å². The van der Waals surface area contributed by atoms with Crippen molar-refractivity contribution in [3.63, 3.8) is 0 Å². The van der Waals surface area contributed by atoms with Gasteiger partial charge >= 0.3 is 5.97 Å². The predicted octanol–water partition coefficient (Wildman–Crippen LogP) is 0.783. The quantitative estimate of drug-likeness (QED) is 0.678. The molecule has 0 saturated heterocycles. The lowest BCUT2D eigenvalue weighted by Crippen LogP contribution is -2.39. The number of hydrogen-bond donors (Lipinski definition) is 3. The predicted molar refractivity (Wildman–Crippen MR) is 72.5 cm³/mol. The van der Waals surface area contributed by atoms with Crippen molar-refractivity contribution in [1.82, 2.24) is 5.32 Å². The number of benzene rings is 1.